The molecule has 1 aliphatic heterocycles. The highest BCUT2D eigenvalue weighted by Gasteiger charge is 2.63. The molecule has 3 nitrogen and oxygen atoms in total. The summed E-state index contributed by atoms with van der Waals surface area (Å²) in [6.45, 7) is 8.66. The second kappa shape index (κ2) is 8.09. The van der Waals surface area contributed by atoms with Crippen molar-refractivity contribution in [2.45, 2.75) is 83.4 Å². The SMILES string of the molecule is CCOC1(C2CCCCC2)CCCC[Si]1(OCC)OCC. The molecule has 0 radical (unpaired) electrons. The van der Waals surface area contributed by atoms with Crippen LogP contribution in [0.4, 0.5) is 0 Å². The van der Waals surface area contributed by atoms with Gasteiger partial charge in [0.25, 0.3) is 0 Å². The molecule has 21 heavy (non-hydrogen) atoms. The molecule has 1 heterocycles. The van der Waals surface area contributed by atoms with Gasteiger partial charge in [-0.25, -0.2) is 0 Å². The van der Waals surface area contributed by atoms with Crippen LogP contribution in [-0.4, -0.2) is 33.6 Å². The number of hydrogen-bond donors (Lipinski definition) is 0. The van der Waals surface area contributed by atoms with Gasteiger partial charge in [0.1, 0.15) is 5.22 Å². The van der Waals surface area contributed by atoms with Gasteiger partial charge in [0.2, 0.25) is 0 Å². The van der Waals surface area contributed by atoms with Gasteiger partial charge in [0.05, 0.1) is 0 Å². The molecule has 4 heteroatoms. The summed E-state index contributed by atoms with van der Waals surface area (Å²) in [4.78, 5) is 0. The Bertz CT molecular complexity index is 289. The summed E-state index contributed by atoms with van der Waals surface area (Å²) in [6, 6.07) is 1.12. The van der Waals surface area contributed by atoms with Crippen LogP contribution >= 0.6 is 0 Å². The maximum atomic E-state index is 6.54. The van der Waals surface area contributed by atoms with Crippen molar-refractivity contribution in [3.8, 4) is 0 Å². The zero-order chi connectivity index (χ0) is 15.2. The lowest BCUT2D eigenvalue weighted by Crippen LogP contribution is -2.69. The molecule has 2 aliphatic rings. The van der Waals surface area contributed by atoms with E-state index in [-0.39, 0.29) is 5.22 Å². The normalized spacial score (nSPS) is 30.4. The summed E-state index contributed by atoms with van der Waals surface area (Å²) in [6.07, 6.45) is 10.3. The van der Waals surface area contributed by atoms with Gasteiger partial charge in [0, 0.05) is 19.8 Å². The molecule has 2 fully saturated rings. The van der Waals surface area contributed by atoms with E-state index in [1.807, 2.05) is 0 Å². The highest BCUT2D eigenvalue weighted by Crippen LogP contribution is 2.49. The first-order valence-corrected chi connectivity index (χ1v) is 11.2. The molecular weight excluding hydrogens is 280 g/mol. The number of ether oxygens (including phenoxy) is 1. The van der Waals surface area contributed by atoms with E-state index < -0.39 is 8.56 Å². The second-order valence-electron chi connectivity index (χ2n) is 6.48. The highest BCUT2D eigenvalue weighted by molar-refractivity contribution is 6.71. The maximum Gasteiger partial charge on any atom is 0.371 e. The summed E-state index contributed by atoms with van der Waals surface area (Å²) in [7, 11) is -2.29. The Labute approximate surface area is 132 Å². The predicted octanol–water partition coefficient (Wildman–Crippen LogP) is 4.58. The topological polar surface area (TPSA) is 27.7 Å². The van der Waals surface area contributed by atoms with Crippen molar-refractivity contribution in [3.63, 3.8) is 0 Å². The van der Waals surface area contributed by atoms with Crippen molar-refractivity contribution in [1.82, 2.24) is 0 Å². The first-order valence-electron chi connectivity index (χ1n) is 9.16. The van der Waals surface area contributed by atoms with E-state index in [1.165, 1.54) is 44.9 Å². The smallest absolute Gasteiger partial charge is 0.371 e. The summed E-state index contributed by atoms with van der Waals surface area (Å²) in [5.41, 5.74) is 0. The van der Waals surface area contributed by atoms with Gasteiger partial charge in [-0.2, -0.15) is 0 Å². The lowest BCUT2D eigenvalue weighted by Gasteiger charge is -2.54. The summed E-state index contributed by atoms with van der Waals surface area (Å²) in [5, 5.41) is -0.0908. The van der Waals surface area contributed by atoms with E-state index in [0.29, 0.717) is 5.92 Å². The third-order valence-corrected chi connectivity index (χ3v) is 9.98. The Hall–Kier alpha value is 0.0969. The van der Waals surface area contributed by atoms with E-state index in [1.54, 1.807) is 0 Å². The van der Waals surface area contributed by atoms with Crippen molar-refractivity contribution >= 4 is 8.56 Å². The highest BCUT2D eigenvalue weighted by atomic mass is 28.4. The Morgan fingerprint density at radius 1 is 0.857 bits per heavy atom. The van der Waals surface area contributed by atoms with Gasteiger partial charge in [0.15, 0.2) is 0 Å². The van der Waals surface area contributed by atoms with Gasteiger partial charge < -0.3 is 13.6 Å². The molecule has 0 bridgehead atoms. The molecule has 1 saturated carbocycles. The number of hydrogen-bond acceptors (Lipinski definition) is 3. The molecule has 0 amide bonds. The Morgan fingerprint density at radius 3 is 2.10 bits per heavy atom. The average molecular weight is 315 g/mol. The van der Waals surface area contributed by atoms with Crippen LogP contribution in [0.15, 0.2) is 0 Å². The zero-order valence-corrected chi connectivity index (χ0v) is 15.3. The molecule has 1 atom stereocenters. The molecular formula is C17H34O3Si. The van der Waals surface area contributed by atoms with Crippen molar-refractivity contribution in [1.29, 1.82) is 0 Å². The van der Waals surface area contributed by atoms with E-state index in [0.717, 1.165) is 32.3 Å². The Kier molecular flexibility index (Phi) is 6.72. The lowest BCUT2D eigenvalue weighted by molar-refractivity contribution is -0.0848. The quantitative estimate of drug-likeness (QED) is 0.644. The van der Waals surface area contributed by atoms with E-state index >= 15 is 0 Å². The van der Waals surface area contributed by atoms with Crippen molar-refractivity contribution in [3.05, 3.63) is 0 Å². The Morgan fingerprint density at radius 2 is 1.52 bits per heavy atom. The Balaban J connectivity index is 2.34. The first kappa shape index (κ1) is 17.5. The minimum absolute atomic E-state index is 0.0908. The van der Waals surface area contributed by atoms with Crippen LogP contribution in [0.2, 0.25) is 6.04 Å². The van der Waals surface area contributed by atoms with Gasteiger partial charge in [-0.3, -0.25) is 0 Å². The first-order chi connectivity index (χ1) is 10.2. The van der Waals surface area contributed by atoms with Crippen molar-refractivity contribution in [2.24, 2.45) is 5.92 Å². The van der Waals surface area contributed by atoms with Gasteiger partial charge in [-0.1, -0.05) is 32.1 Å². The molecule has 1 saturated heterocycles. The molecule has 0 aromatic carbocycles. The third-order valence-electron chi connectivity index (χ3n) is 5.37. The fraction of sp³-hybridized carbons (Fsp3) is 1.00. The standard InChI is InChI=1S/C17H34O3Si/c1-4-18-17(16-12-8-7-9-13-16)14-10-11-15-21(17,19-5-2)20-6-3/h16H,4-15H2,1-3H3. The lowest BCUT2D eigenvalue weighted by atomic mass is 9.82. The summed E-state index contributed by atoms with van der Waals surface area (Å²) in [5.74, 6) is 0.649. The minimum Gasteiger partial charge on any atom is -0.393 e. The average Bonchev–Trinajstić information content (AvgIpc) is 2.51. The van der Waals surface area contributed by atoms with Crippen LogP contribution < -0.4 is 0 Å². The van der Waals surface area contributed by atoms with Crippen molar-refractivity contribution < 1.29 is 13.6 Å². The van der Waals surface area contributed by atoms with Gasteiger partial charge in [-0.15, -0.1) is 0 Å². The van der Waals surface area contributed by atoms with Crippen LogP contribution in [0.5, 0.6) is 0 Å². The van der Waals surface area contributed by atoms with Gasteiger partial charge in [-0.05, 0) is 52.0 Å². The summed E-state index contributed by atoms with van der Waals surface area (Å²) < 4.78 is 19.4. The number of rotatable bonds is 7. The largest absolute Gasteiger partial charge is 0.393 e. The van der Waals surface area contributed by atoms with Crippen LogP contribution in [0.1, 0.15) is 72.1 Å². The predicted molar refractivity (Wildman–Crippen MR) is 88.6 cm³/mol. The fourth-order valence-electron chi connectivity index (χ4n) is 4.69. The van der Waals surface area contributed by atoms with Crippen molar-refractivity contribution in [2.75, 3.05) is 19.8 Å². The summed E-state index contributed by atoms with van der Waals surface area (Å²) >= 11 is 0. The van der Waals surface area contributed by atoms with Crippen LogP contribution in [0.3, 0.4) is 0 Å². The maximum absolute atomic E-state index is 6.54. The van der Waals surface area contributed by atoms with E-state index in [4.69, 9.17) is 13.6 Å². The minimum atomic E-state index is -2.29. The zero-order valence-electron chi connectivity index (χ0n) is 14.3. The molecule has 0 spiro atoms. The molecule has 0 aromatic rings. The van der Waals surface area contributed by atoms with E-state index in [2.05, 4.69) is 20.8 Å². The van der Waals surface area contributed by atoms with E-state index in [9.17, 15) is 0 Å². The third kappa shape index (κ3) is 3.38. The molecule has 0 N–H and O–H groups in total. The molecule has 1 unspecified atom stereocenters. The monoisotopic (exact) mass is 314 g/mol. The molecule has 2 rings (SSSR count). The molecule has 0 aromatic heterocycles. The fourth-order valence-corrected chi connectivity index (χ4v) is 9.45. The van der Waals surface area contributed by atoms with Crippen LogP contribution in [0.25, 0.3) is 0 Å². The second-order valence-corrected chi connectivity index (χ2v) is 9.91. The van der Waals surface area contributed by atoms with Gasteiger partial charge >= 0.3 is 8.56 Å². The van der Waals surface area contributed by atoms with Crippen LogP contribution in [0, 0.1) is 5.92 Å². The van der Waals surface area contributed by atoms with Crippen LogP contribution in [-0.2, 0) is 13.6 Å². The molecule has 124 valence electrons. The molecule has 1 aliphatic carbocycles.